The molecule has 0 atom stereocenters. The maximum Gasteiger partial charge on any atom is 0.216 e. The zero-order valence-electron chi connectivity index (χ0n) is 9.26. The SMILES string of the molecule is [2H]N(C(C)=O)C([2H])([2H])CCCCN. The summed E-state index contributed by atoms with van der Waals surface area (Å²) in [5.41, 5.74) is 5.24. The van der Waals surface area contributed by atoms with Crippen LogP contribution in [0.4, 0.5) is 0 Å². The first-order valence-electron chi connectivity index (χ1n) is 4.86. The Morgan fingerprint density at radius 1 is 1.70 bits per heavy atom. The smallest absolute Gasteiger partial charge is 0.216 e. The Kier molecular flexibility index (Phi) is 3.36. The van der Waals surface area contributed by atoms with Gasteiger partial charge in [-0.1, -0.05) is 6.42 Å². The Hall–Kier alpha value is -0.570. The molecule has 0 heterocycles. The van der Waals surface area contributed by atoms with Crippen molar-refractivity contribution in [2.75, 3.05) is 13.0 Å². The average Bonchev–Trinajstić information content (AvgIpc) is 2.03. The van der Waals surface area contributed by atoms with E-state index in [9.17, 15) is 4.79 Å². The first kappa shape index (κ1) is 5.13. The topological polar surface area (TPSA) is 55.1 Å². The number of nitrogens with two attached hydrogens (primary N) is 1. The van der Waals surface area contributed by atoms with E-state index in [2.05, 4.69) is 0 Å². The average molecular weight is 147 g/mol. The van der Waals surface area contributed by atoms with Gasteiger partial charge >= 0.3 is 0 Å². The molecule has 0 saturated carbocycles. The molecule has 0 unspecified atom stereocenters. The zero-order valence-corrected chi connectivity index (χ0v) is 6.26. The molecule has 0 rings (SSSR count). The third kappa shape index (κ3) is 7.43. The molecule has 0 spiro atoms. The largest absolute Gasteiger partial charge is 0.356 e. The first-order chi connectivity index (χ1) is 5.91. The van der Waals surface area contributed by atoms with E-state index >= 15 is 0 Å². The van der Waals surface area contributed by atoms with Gasteiger partial charge in [-0.25, -0.2) is 0 Å². The van der Waals surface area contributed by atoms with E-state index in [1.807, 2.05) is 0 Å². The van der Waals surface area contributed by atoms with E-state index in [1.165, 1.54) is 6.92 Å². The summed E-state index contributed by atoms with van der Waals surface area (Å²) in [6.45, 7) is -0.192. The van der Waals surface area contributed by atoms with E-state index in [0.717, 1.165) is 0 Å². The van der Waals surface area contributed by atoms with E-state index < -0.39 is 12.4 Å². The highest BCUT2D eigenvalue weighted by molar-refractivity contribution is 5.72. The molecule has 0 fully saturated rings. The van der Waals surface area contributed by atoms with Gasteiger partial charge in [0.05, 0.1) is 0 Å². The molecular formula is C7H16N2O. The molecule has 60 valence electrons. The Morgan fingerprint density at radius 3 is 2.90 bits per heavy atom. The van der Waals surface area contributed by atoms with E-state index in [-0.39, 0.29) is 6.42 Å². The monoisotopic (exact) mass is 147 g/mol. The molecule has 0 aromatic carbocycles. The predicted octanol–water partition coefficient (Wildman–Crippen LogP) is 0.251. The molecule has 0 aliphatic carbocycles. The van der Waals surface area contributed by atoms with Crippen molar-refractivity contribution in [3.05, 3.63) is 0 Å². The number of hydrogen-bond donors (Lipinski definition) is 2. The van der Waals surface area contributed by atoms with Crippen LogP contribution in [0.5, 0.6) is 0 Å². The van der Waals surface area contributed by atoms with Gasteiger partial charge in [0.1, 0.15) is 0 Å². The van der Waals surface area contributed by atoms with Crippen LogP contribution in [0, 0.1) is 0 Å². The van der Waals surface area contributed by atoms with Crippen LogP contribution < -0.4 is 11.0 Å². The van der Waals surface area contributed by atoms with Crippen molar-refractivity contribution < 1.29 is 8.95 Å². The maximum atomic E-state index is 10.7. The first-order valence-corrected chi connectivity index (χ1v) is 3.41. The Morgan fingerprint density at radius 2 is 2.40 bits per heavy atom. The third-order valence-corrected chi connectivity index (χ3v) is 0.979. The second-order valence-electron chi connectivity index (χ2n) is 2.03. The van der Waals surface area contributed by atoms with Crippen molar-refractivity contribution >= 4 is 5.91 Å². The van der Waals surface area contributed by atoms with Gasteiger partial charge in [0, 0.05) is 16.2 Å². The summed E-state index contributed by atoms with van der Waals surface area (Å²) in [4.78, 5) is 10.7. The van der Waals surface area contributed by atoms with Crippen molar-refractivity contribution in [3.63, 3.8) is 0 Å². The maximum absolute atomic E-state index is 10.7. The van der Waals surface area contributed by atoms with Gasteiger partial charge in [0.15, 0.2) is 1.41 Å². The molecule has 3 N–H and O–H groups in total. The van der Waals surface area contributed by atoms with Crippen LogP contribution in [0.25, 0.3) is 0 Å². The highest BCUT2D eigenvalue weighted by atomic mass is 16.1. The number of unbranched alkanes of at least 4 members (excludes halogenated alkanes) is 1. The fraction of sp³-hybridized carbons (Fsp3) is 0.857. The molecule has 1 amide bonds. The van der Waals surface area contributed by atoms with Crippen LogP contribution in [-0.2, 0) is 4.79 Å². The van der Waals surface area contributed by atoms with Gasteiger partial charge in [-0.05, 0) is 19.4 Å². The van der Waals surface area contributed by atoms with Gasteiger partial charge in [0.2, 0.25) is 5.91 Å². The highest BCUT2D eigenvalue weighted by Gasteiger charge is 1.89. The fourth-order valence-corrected chi connectivity index (χ4v) is 0.516. The van der Waals surface area contributed by atoms with Crippen molar-refractivity contribution in [2.45, 2.75) is 26.2 Å². The Labute approximate surface area is 66.3 Å². The molecule has 10 heavy (non-hydrogen) atoms. The van der Waals surface area contributed by atoms with Crippen LogP contribution in [-0.4, -0.2) is 18.9 Å². The minimum Gasteiger partial charge on any atom is -0.356 e. The lowest BCUT2D eigenvalue weighted by atomic mass is 10.2. The normalized spacial score (nSPS) is 15.2. The summed E-state index contributed by atoms with van der Waals surface area (Å²) in [6.07, 6.45) is 1.46. The van der Waals surface area contributed by atoms with Crippen LogP contribution in [0.2, 0.25) is 1.41 Å². The Balaban J connectivity index is 3.98. The molecule has 0 bridgehead atoms. The summed E-state index contributed by atoms with van der Waals surface area (Å²) >= 11 is 0. The summed E-state index contributed by atoms with van der Waals surface area (Å²) in [7, 11) is 0. The van der Waals surface area contributed by atoms with Gasteiger partial charge < -0.3 is 11.0 Å². The number of amides is 1. The lowest BCUT2D eigenvalue weighted by molar-refractivity contribution is -0.118. The summed E-state index contributed by atoms with van der Waals surface area (Å²) in [5.74, 6) is -0.585. The second-order valence-corrected chi connectivity index (χ2v) is 2.03. The van der Waals surface area contributed by atoms with Gasteiger partial charge in [0.25, 0.3) is 0 Å². The quantitative estimate of drug-likeness (QED) is 0.548. The standard InChI is InChI=1S/C7H16N2O/c1-7(10)9-6-4-2-3-5-8/h2-6,8H2,1H3,(H,9,10)/i6D2/hD. The van der Waals surface area contributed by atoms with Crippen LogP contribution in [0.15, 0.2) is 0 Å². The van der Waals surface area contributed by atoms with Gasteiger partial charge in [-0.2, -0.15) is 0 Å². The van der Waals surface area contributed by atoms with Crippen LogP contribution in [0.1, 0.15) is 28.9 Å². The number of carbonyl (C=O) groups excluding carboxylic acids is 1. The molecular weight excluding hydrogens is 128 g/mol. The minimum absolute atomic E-state index is 0.160. The zero-order chi connectivity index (χ0) is 10.5. The van der Waals surface area contributed by atoms with Crippen LogP contribution in [0.3, 0.4) is 0 Å². The highest BCUT2D eigenvalue weighted by Crippen LogP contribution is 1.90. The molecule has 0 saturated heterocycles. The van der Waals surface area contributed by atoms with Gasteiger partial charge in [-0.3, -0.25) is 4.79 Å². The predicted molar refractivity (Wildman–Crippen MR) is 41.6 cm³/mol. The van der Waals surface area contributed by atoms with E-state index in [1.54, 1.807) is 0 Å². The molecule has 0 aromatic rings. The number of nitrogens with one attached hydrogen (secondary N) is 1. The summed E-state index contributed by atoms with van der Waals surface area (Å²) < 4.78 is 21.9. The molecule has 0 aromatic heterocycles. The van der Waals surface area contributed by atoms with Crippen LogP contribution >= 0.6 is 0 Å². The van der Waals surface area contributed by atoms with E-state index in [0.29, 0.717) is 24.7 Å². The minimum atomic E-state index is -1.87. The summed E-state index contributed by atoms with van der Waals surface area (Å²) in [5, 5.41) is 0.378. The fourth-order valence-electron chi connectivity index (χ4n) is 0.516. The van der Waals surface area contributed by atoms with Crippen molar-refractivity contribution in [1.82, 2.24) is 5.31 Å². The molecule has 3 heteroatoms. The molecule has 0 radical (unpaired) electrons. The van der Waals surface area contributed by atoms with Crippen molar-refractivity contribution in [3.8, 4) is 0 Å². The molecule has 3 nitrogen and oxygen atoms in total. The number of rotatable bonds is 5. The number of hydrogen-bond acceptors (Lipinski definition) is 2. The lowest BCUT2D eigenvalue weighted by Gasteiger charge is -1.99. The number of carbonyl (C=O) groups is 1. The van der Waals surface area contributed by atoms with Gasteiger partial charge in [-0.15, -0.1) is 0 Å². The van der Waals surface area contributed by atoms with Crippen molar-refractivity contribution in [2.24, 2.45) is 5.73 Å². The third-order valence-electron chi connectivity index (χ3n) is 0.979. The molecule has 0 aliphatic heterocycles. The Bertz CT molecular complexity index is 175. The van der Waals surface area contributed by atoms with E-state index in [4.69, 9.17) is 9.89 Å². The second kappa shape index (κ2) is 6.55. The van der Waals surface area contributed by atoms with Crippen molar-refractivity contribution in [1.29, 1.82) is 0 Å². The molecule has 0 aliphatic rings. The lowest BCUT2D eigenvalue weighted by Crippen LogP contribution is -2.20. The summed E-state index contributed by atoms with van der Waals surface area (Å²) in [6, 6.07) is 0.